The number of carbonyl (C=O) groups is 1. The maximum absolute atomic E-state index is 11.0. The minimum atomic E-state index is -0.515. The first kappa shape index (κ1) is 24.1. The van der Waals surface area contributed by atoms with E-state index in [2.05, 4.69) is 16.6 Å². The number of hydrogen-bond donors (Lipinski definition) is 2. The van der Waals surface area contributed by atoms with Crippen molar-refractivity contribution >= 4 is 17.6 Å². The Labute approximate surface area is 190 Å². The summed E-state index contributed by atoms with van der Waals surface area (Å²) in [4.78, 5) is 11.0. The van der Waals surface area contributed by atoms with Gasteiger partial charge in [0.15, 0.2) is 0 Å². The van der Waals surface area contributed by atoms with Crippen LogP contribution in [0.15, 0.2) is 24.3 Å². The first-order valence-corrected chi connectivity index (χ1v) is 11.6. The molecule has 0 radical (unpaired) electrons. The topological polar surface area (TPSA) is 76.0 Å². The van der Waals surface area contributed by atoms with Gasteiger partial charge < -0.3 is 19.7 Å². The fourth-order valence-electron chi connectivity index (χ4n) is 4.91. The molecule has 5 nitrogen and oxygen atoms in total. The number of alkyl halides is 1. The fourth-order valence-corrected chi connectivity index (χ4v) is 5.34. The quantitative estimate of drug-likeness (QED) is 0.286. The van der Waals surface area contributed by atoms with Crippen molar-refractivity contribution in [3.05, 3.63) is 35.4 Å². The van der Waals surface area contributed by atoms with E-state index in [1.54, 1.807) is 0 Å². The zero-order valence-electron chi connectivity index (χ0n) is 18.1. The van der Waals surface area contributed by atoms with Gasteiger partial charge in [0.05, 0.1) is 19.3 Å². The summed E-state index contributed by atoms with van der Waals surface area (Å²) in [5.41, 5.74) is 1.98. The number of halogens is 1. The maximum Gasteiger partial charge on any atom is 0.331 e. The smallest absolute Gasteiger partial charge is 0.331 e. The molecule has 1 aromatic carbocycles. The van der Waals surface area contributed by atoms with E-state index in [-0.39, 0.29) is 30.4 Å². The van der Waals surface area contributed by atoms with Gasteiger partial charge in [-0.2, -0.15) is 0 Å². The Bertz CT molecular complexity index is 762. The molecule has 31 heavy (non-hydrogen) atoms. The lowest BCUT2D eigenvalue weighted by Crippen LogP contribution is -2.19. The molecule has 0 amide bonds. The van der Waals surface area contributed by atoms with Gasteiger partial charge >= 0.3 is 5.97 Å². The molecule has 2 saturated carbocycles. The number of aliphatic hydroxyl groups excluding tert-OH is 2. The molecule has 5 atom stereocenters. The highest BCUT2D eigenvalue weighted by molar-refractivity contribution is 6.21. The molecule has 2 aliphatic carbocycles. The molecule has 5 unspecified atom stereocenters. The second kappa shape index (κ2) is 11.9. The van der Waals surface area contributed by atoms with Crippen molar-refractivity contribution in [3.8, 4) is 11.8 Å². The number of rotatable bonds is 7. The molecule has 6 heteroatoms. The summed E-state index contributed by atoms with van der Waals surface area (Å²) in [6.45, 7) is 0.0306. The summed E-state index contributed by atoms with van der Waals surface area (Å²) in [6, 6.07) is 8.02. The largest absolute Gasteiger partial charge is 0.467 e. The molecule has 0 saturated heterocycles. The predicted molar refractivity (Wildman–Crippen MR) is 120 cm³/mol. The van der Waals surface area contributed by atoms with E-state index in [0.717, 1.165) is 24.0 Å². The van der Waals surface area contributed by atoms with Crippen LogP contribution in [0.3, 0.4) is 0 Å². The Kier molecular flexibility index (Phi) is 9.22. The lowest BCUT2D eigenvalue weighted by Gasteiger charge is -2.27. The molecule has 2 aliphatic rings. The van der Waals surface area contributed by atoms with Crippen molar-refractivity contribution in [2.24, 2.45) is 11.8 Å². The minimum Gasteiger partial charge on any atom is -0.467 e. The monoisotopic (exact) mass is 448 g/mol. The Morgan fingerprint density at radius 2 is 1.90 bits per heavy atom. The normalized spacial score (nSPS) is 27.4. The summed E-state index contributed by atoms with van der Waals surface area (Å²) >= 11 is 6.54. The number of ether oxygens (including phenoxy) is 2. The minimum absolute atomic E-state index is 0.0268. The molecule has 0 aliphatic heterocycles. The lowest BCUT2D eigenvalue weighted by molar-refractivity contribution is -0.145. The van der Waals surface area contributed by atoms with Crippen LogP contribution < -0.4 is 0 Å². The third-order valence-electron chi connectivity index (χ3n) is 6.65. The van der Waals surface area contributed by atoms with Gasteiger partial charge in [0, 0.05) is 17.7 Å². The molecule has 0 bridgehead atoms. The van der Waals surface area contributed by atoms with Crippen molar-refractivity contribution in [3.63, 3.8) is 0 Å². The van der Waals surface area contributed by atoms with Crippen LogP contribution in [0.4, 0.5) is 0 Å². The number of benzene rings is 1. The van der Waals surface area contributed by atoms with Crippen molar-refractivity contribution in [1.29, 1.82) is 0 Å². The van der Waals surface area contributed by atoms with Crippen molar-refractivity contribution in [1.82, 2.24) is 0 Å². The molecule has 0 spiro atoms. The molecule has 3 rings (SSSR count). The van der Waals surface area contributed by atoms with Crippen molar-refractivity contribution in [2.45, 2.75) is 68.4 Å². The van der Waals surface area contributed by atoms with Crippen LogP contribution in [0.25, 0.3) is 0 Å². The van der Waals surface area contributed by atoms with Gasteiger partial charge in [-0.05, 0) is 42.2 Å². The van der Waals surface area contributed by atoms with Crippen LogP contribution in [0.2, 0.25) is 0 Å². The molecule has 1 aromatic rings. The van der Waals surface area contributed by atoms with Gasteiger partial charge in [-0.15, -0.1) is 17.5 Å². The van der Waals surface area contributed by atoms with Crippen LogP contribution in [0, 0.1) is 23.7 Å². The van der Waals surface area contributed by atoms with Crippen molar-refractivity contribution in [2.75, 3.05) is 20.3 Å². The van der Waals surface area contributed by atoms with Gasteiger partial charge in [0.25, 0.3) is 0 Å². The SMILES string of the molecule is COC(=O)COCC#CCC1C(Cl)CC(O)C1c1ccc(C(O)C2CCCCC2)cc1. The summed E-state index contributed by atoms with van der Waals surface area (Å²) < 4.78 is 9.65. The molecular weight excluding hydrogens is 416 g/mol. The summed E-state index contributed by atoms with van der Waals surface area (Å²) in [7, 11) is 1.31. The molecular formula is C25H33ClO5. The molecule has 0 heterocycles. The number of aliphatic hydroxyl groups is 2. The van der Waals surface area contributed by atoms with E-state index < -0.39 is 18.2 Å². The molecule has 2 fully saturated rings. The number of methoxy groups -OCH3 is 1. The number of hydrogen-bond acceptors (Lipinski definition) is 5. The average molecular weight is 449 g/mol. The van der Waals surface area contributed by atoms with E-state index >= 15 is 0 Å². The van der Waals surface area contributed by atoms with Crippen LogP contribution >= 0.6 is 11.6 Å². The van der Waals surface area contributed by atoms with E-state index in [4.69, 9.17) is 16.3 Å². The van der Waals surface area contributed by atoms with Crippen LogP contribution in [-0.4, -0.2) is 48.0 Å². The highest BCUT2D eigenvalue weighted by Gasteiger charge is 2.42. The zero-order chi connectivity index (χ0) is 22.2. The fraction of sp³-hybridized carbons (Fsp3) is 0.640. The molecule has 2 N–H and O–H groups in total. The summed E-state index contributed by atoms with van der Waals surface area (Å²) in [5, 5.41) is 21.2. The predicted octanol–water partition coefficient (Wildman–Crippen LogP) is 3.96. The van der Waals surface area contributed by atoms with E-state index in [1.807, 2.05) is 24.3 Å². The maximum atomic E-state index is 11.0. The van der Waals surface area contributed by atoms with Gasteiger partial charge in [0.2, 0.25) is 0 Å². The van der Waals surface area contributed by atoms with Crippen LogP contribution in [0.1, 0.15) is 68.1 Å². The highest BCUT2D eigenvalue weighted by Crippen LogP contribution is 2.45. The van der Waals surface area contributed by atoms with Crippen LogP contribution in [0.5, 0.6) is 0 Å². The van der Waals surface area contributed by atoms with Gasteiger partial charge in [0.1, 0.15) is 13.2 Å². The average Bonchev–Trinajstić information content (AvgIpc) is 3.08. The Hall–Kier alpha value is -1.58. The lowest BCUT2D eigenvalue weighted by atomic mass is 9.81. The highest BCUT2D eigenvalue weighted by atomic mass is 35.5. The third kappa shape index (κ3) is 6.46. The van der Waals surface area contributed by atoms with E-state index in [0.29, 0.717) is 18.8 Å². The number of carbonyl (C=O) groups excluding carboxylic acids is 1. The third-order valence-corrected chi connectivity index (χ3v) is 7.15. The first-order chi connectivity index (χ1) is 15.0. The van der Waals surface area contributed by atoms with E-state index in [9.17, 15) is 15.0 Å². The van der Waals surface area contributed by atoms with Gasteiger partial charge in [-0.3, -0.25) is 0 Å². The second-order valence-corrected chi connectivity index (χ2v) is 9.21. The Balaban J connectivity index is 1.60. The summed E-state index contributed by atoms with van der Waals surface area (Å²) in [5.74, 6) is 5.83. The van der Waals surface area contributed by atoms with E-state index in [1.165, 1.54) is 26.4 Å². The standard InChI is InChI=1S/C25H33ClO5/c1-30-23(28)16-31-14-6-5-9-20-21(26)15-22(27)24(20)17-10-12-19(13-11-17)25(29)18-7-3-2-4-8-18/h10-13,18,20-22,24-25,27,29H,2-4,7-9,14-16H2,1H3. The molecule has 170 valence electrons. The van der Waals surface area contributed by atoms with Gasteiger partial charge in [-0.25, -0.2) is 4.79 Å². The van der Waals surface area contributed by atoms with Crippen LogP contribution in [-0.2, 0) is 14.3 Å². The first-order valence-electron chi connectivity index (χ1n) is 11.2. The van der Waals surface area contributed by atoms with Crippen molar-refractivity contribution < 1.29 is 24.5 Å². The Morgan fingerprint density at radius 1 is 1.19 bits per heavy atom. The summed E-state index contributed by atoms with van der Waals surface area (Å²) in [6.07, 6.45) is 5.97. The number of esters is 1. The Morgan fingerprint density at radius 3 is 2.58 bits per heavy atom. The zero-order valence-corrected chi connectivity index (χ0v) is 18.9. The second-order valence-electron chi connectivity index (χ2n) is 8.64. The molecule has 0 aromatic heterocycles. The van der Waals surface area contributed by atoms with Gasteiger partial charge in [-0.1, -0.05) is 49.4 Å².